The summed E-state index contributed by atoms with van der Waals surface area (Å²) in [6.45, 7) is 2.55. The van der Waals surface area contributed by atoms with Crippen LogP contribution in [0.25, 0.3) is 10.4 Å². The summed E-state index contributed by atoms with van der Waals surface area (Å²) in [7, 11) is 1.64. The Bertz CT molecular complexity index is 718. The van der Waals surface area contributed by atoms with Crippen LogP contribution in [0, 0.1) is 0 Å². The summed E-state index contributed by atoms with van der Waals surface area (Å²) in [6.07, 6.45) is 8.26. The number of nitrogens with two attached hydrogens (primary N) is 1. The molecule has 6 heteroatoms. The van der Waals surface area contributed by atoms with Crippen LogP contribution < -0.4 is 10.5 Å². The zero-order chi connectivity index (χ0) is 18.6. The topological polar surface area (TPSA) is 77.6 Å². The van der Waals surface area contributed by atoms with Crippen molar-refractivity contribution in [3.63, 3.8) is 0 Å². The molecule has 0 aliphatic heterocycles. The van der Waals surface area contributed by atoms with Crippen molar-refractivity contribution in [2.75, 3.05) is 20.3 Å². The first kappa shape index (κ1) is 19.3. The lowest BCUT2D eigenvalue weighted by Crippen LogP contribution is -2.32. The van der Waals surface area contributed by atoms with Gasteiger partial charge in [-0.05, 0) is 38.0 Å². The molecule has 26 heavy (non-hydrogen) atoms. The first-order chi connectivity index (χ1) is 12.5. The SMILES string of the molecule is COCCOc1ccc(-c2cnc(C3CCCCC3)s2)c(C(C)(N)O)c1. The Labute approximate surface area is 159 Å². The zero-order valence-corrected chi connectivity index (χ0v) is 16.3. The summed E-state index contributed by atoms with van der Waals surface area (Å²) in [5.74, 6) is 1.24. The summed E-state index contributed by atoms with van der Waals surface area (Å²) < 4.78 is 10.7. The third-order valence-corrected chi connectivity index (χ3v) is 6.03. The molecule has 0 spiro atoms. The molecule has 3 rings (SSSR count). The normalized spacial score (nSPS) is 17.8. The van der Waals surface area contributed by atoms with E-state index in [0.29, 0.717) is 30.4 Å². The maximum Gasteiger partial charge on any atom is 0.137 e. The van der Waals surface area contributed by atoms with Gasteiger partial charge < -0.3 is 20.3 Å². The largest absolute Gasteiger partial charge is 0.491 e. The van der Waals surface area contributed by atoms with Gasteiger partial charge in [-0.2, -0.15) is 0 Å². The number of ether oxygens (including phenoxy) is 2. The van der Waals surface area contributed by atoms with Gasteiger partial charge in [0.25, 0.3) is 0 Å². The second-order valence-corrected chi connectivity index (χ2v) is 8.16. The minimum absolute atomic E-state index is 0.453. The summed E-state index contributed by atoms with van der Waals surface area (Å²) in [5, 5.41) is 11.7. The number of aliphatic hydroxyl groups is 1. The fourth-order valence-corrected chi connectivity index (χ4v) is 4.57. The highest BCUT2D eigenvalue weighted by Gasteiger charge is 2.25. The smallest absolute Gasteiger partial charge is 0.137 e. The van der Waals surface area contributed by atoms with Crippen molar-refractivity contribution < 1.29 is 14.6 Å². The molecule has 0 amide bonds. The summed E-state index contributed by atoms with van der Waals surface area (Å²) in [6, 6.07) is 5.67. The van der Waals surface area contributed by atoms with Gasteiger partial charge in [0, 0.05) is 30.4 Å². The summed E-state index contributed by atoms with van der Waals surface area (Å²) in [5.41, 5.74) is 6.13. The lowest BCUT2D eigenvalue weighted by Gasteiger charge is -2.22. The Morgan fingerprint density at radius 2 is 2.04 bits per heavy atom. The Morgan fingerprint density at radius 3 is 2.73 bits per heavy atom. The van der Waals surface area contributed by atoms with E-state index in [2.05, 4.69) is 4.98 Å². The monoisotopic (exact) mass is 376 g/mol. The van der Waals surface area contributed by atoms with Crippen LogP contribution in [-0.4, -0.2) is 30.4 Å². The van der Waals surface area contributed by atoms with Gasteiger partial charge in [-0.25, -0.2) is 4.98 Å². The third kappa shape index (κ3) is 4.62. The molecule has 1 heterocycles. The van der Waals surface area contributed by atoms with E-state index < -0.39 is 5.72 Å². The molecule has 0 saturated heterocycles. The van der Waals surface area contributed by atoms with Crippen LogP contribution in [0.15, 0.2) is 24.4 Å². The van der Waals surface area contributed by atoms with Gasteiger partial charge in [-0.1, -0.05) is 19.3 Å². The fraction of sp³-hybridized carbons (Fsp3) is 0.550. The van der Waals surface area contributed by atoms with E-state index in [-0.39, 0.29) is 0 Å². The van der Waals surface area contributed by atoms with Gasteiger partial charge in [-0.3, -0.25) is 0 Å². The molecule has 1 fully saturated rings. The Morgan fingerprint density at radius 1 is 1.27 bits per heavy atom. The van der Waals surface area contributed by atoms with Crippen molar-refractivity contribution in [2.45, 2.75) is 50.7 Å². The van der Waals surface area contributed by atoms with Crippen LogP contribution in [0.3, 0.4) is 0 Å². The van der Waals surface area contributed by atoms with Crippen LogP contribution in [0.4, 0.5) is 0 Å². The fourth-order valence-electron chi connectivity index (χ4n) is 3.44. The highest BCUT2D eigenvalue weighted by Crippen LogP contribution is 2.40. The number of benzene rings is 1. The van der Waals surface area contributed by atoms with Crippen molar-refractivity contribution >= 4 is 11.3 Å². The molecule has 1 saturated carbocycles. The van der Waals surface area contributed by atoms with E-state index in [9.17, 15) is 5.11 Å². The molecule has 0 radical (unpaired) electrons. The second-order valence-electron chi connectivity index (χ2n) is 7.09. The van der Waals surface area contributed by atoms with Gasteiger partial charge in [0.15, 0.2) is 0 Å². The molecule has 1 unspecified atom stereocenters. The molecular weight excluding hydrogens is 348 g/mol. The highest BCUT2D eigenvalue weighted by molar-refractivity contribution is 7.15. The number of rotatable bonds is 7. The van der Waals surface area contributed by atoms with E-state index in [1.54, 1.807) is 25.4 Å². The molecule has 2 aromatic rings. The average molecular weight is 377 g/mol. The number of hydrogen-bond donors (Lipinski definition) is 2. The van der Waals surface area contributed by atoms with E-state index in [1.165, 1.54) is 37.1 Å². The molecule has 0 bridgehead atoms. The number of methoxy groups -OCH3 is 1. The molecule has 1 aromatic heterocycles. The van der Waals surface area contributed by atoms with Crippen molar-refractivity contribution in [2.24, 2.45) is 5.73 Å². The van der Waals surface area contributed by atoms with Crippen molar-refractivity contribution in [1.29, 1.82) is 0 Å². The first-order valence-electron chi connectivity index (χ1n) is 9.22. The summed E-state index contributed by atoms with van der Waals surface area (Å²) in [4.78, 5) is 5.71. The van der Waals surface area contributed by atoms with Gasteiger partial charge in [0.1, 0.15) is 18.1 Å². The predicted octanol–water partition coefficient (Wildman–Crippen LogP) is 4.01. The van der Waals surface area contributed by atoms with Crippen LogP contribution in [0.1, 0.15) is 55.5 Å². The Balaban J connectivity index is 1.87. The Kier molecular flexibility index (Phi) is 6.29. The first-order valence-corrected chi connectivity index (χ1v) is 10.0. The molecule has 1 aromatic carbocycles. The van der Waals surface area contributed by atoms with Crippen LogP contribution in [-0.2, 0) is 10.5 Å². The van der Waals surface area contributed by atoms with Gasteiger partial charge in [0.05, 0.1) is 16.5 Å². The van der Waals surface area contributed by atoms with E-state index >= 15 is 0 Å². The van der Waals surface area contributed by atoms with Crippen LogP contribution in [0.5, 0.6) is 5.75 Å². The van der Waals surface area contributed by atoms with Gasteiger partial charge in [0.2, 0.25) is 0 Å². The van der Waals surface area contributed by atoms with Crippen molar-refractivity contribution in [3.05, 3.63) is 35.0 Å². The van der Waals surface area contributed by atoms with Gasteiger partial charge >= 0.3 is 0 Å². The summed E-state index contributed by atoms with van der Waals surface area (Å²) >= 11 is 1.71. The highest BCUT2D eigenvalue weighted by atomic mass is 32.1. The molecule has 1 aliphatic carbocycles. The van der Waals surface area contributed by atoms with Crippen LogP contribution in [0.2, 0.25) is 0 Å². The average Bonchev–Trinajstić information content (AvgIpc) is 3.12. The van der Waals surface area contributed by atoms with E-state index in [4.69, 9.17) is 15.2 Å². The number of thiazole rings is 1. The minimum Gasteiger partial charge on any atom is -0.491 e. The molecular formula is C20H28N2O3S. The van der Waals surface area contributed by atoms with E-state index in [0.717, 1.165) is 10.4 Å². The minimum atomic E-state index is -1.45. The lowest BCUT2D eigenvalue weighted by molar-refractivity contribution is 0.0649. The van der Waals surface area contributed by atoms with Crippen LogP contribution >= 0.6 is 11.3 Å². The molecule has 5 nitrogen and oxygen atoms in total. The number of aromatic nitrogens is 1. The standard InChI is InChI=1S/C20H28N2O3S/c1-20(21,23)17-12-15(25-11-10-24-2)8-9-16(17)18-13-22-19(26-18)14-6-4-3-5-7-14/h8-9,12-14,23H,3-7,10-11,21H2,1-2H3. The molecule has 1 atom stereocenters. The van der Waals surface area contributed by atoms with Crippen molar-refractivity contribution in [3.8, 4) is 16.2 Å². The maximum absolute atomic E-state index is 10.5. The number of hydrogen-bond acceptors (Lipinski definition) is 6. The quantitative estimate of drug-likeness (QED) is 0.564. The third-order valence-electron chi connectivity index (χ3n) is 4.84. The van der Waals surface area contributed by atoms with Gasteiger partial charge in [-0.15, -0.1) is 11.3 Å². The lowest BCUT2D eigenvalue weighted by atomic mass is 9.90. The zero-order valence-electron chi connectivity index (χ0n) is 15.5. The second kappa shape index (κ2) is 8.48. The van der Waals surface area contributed by atoms with Crippen molar-refractivity contribution in [1.82, 2.24) is 4.98 Å². The van der Waals surface area contributed by atoms with E-state index in [1.807, 2.05) is 24.4 Å². The number of nitrogens with zero attached hydrogens (tertiary/aromatic N) is 1. The molecule has 142 valence electrons. The Hall–Kier alpha value is -1.47. The maximum atomic E-state index is 10.5. The molecule has 3 N–H and O–H groups in total. The molecule has 1 aliphatic rings. The predicted molar refractivity (Wildman–Crippen MR) is 105 cm³/mol.